The predicted octanol–water partition coefficient (Wildman–Crippen LogP) is 5.81. The second-order valence-electron chi connectivity index (χ2n) is 11.4. The Labute approximate surface area is 220 Å². The van der Waals surface area contributed by atoms with E-state index in [4.69, 9.17) is 0 Å². The van der Waals surface area contributed by atoms with Crippen LogP contribution < -0.4 is 4.90 Å². The number of hydrogen-bond acceptors (Lipinski definition) is 4. The van der Waals surface area contributed by atoms with Gasteiger partial charge in [-0.3, -0.25) is 10.00 Å². The third kappa shape index (κ3) is 5.05. The number of rotatable bonds is 6. The van der Waals surface area contributed by atoms with Crippen molar-refractivity contribution in [2.75, 3.05) is 51.2 Å². The lowest BCUT2D eigenvalue weighted by Gasteiger charge is -2.34. The first-order chi connectivity index (χ1) is 18.0. The molecule has 2 aromatic heterocycles. The molecule has 0 radical (unpaired) electrons. The van der Waals surface area contributed by atoms with Crippen molar-refractivity contribution in [3.8, 4) is 11.3 Å². The van der Waals surface area contributed by atoms with E-state index in [1.165, 1.54) is 51.8 Å². The zero-order valence-electron chi connectivity index (χ0n) is 22.5. The lowest BCUT2D eigenvalue weighted by Crippen LogP contribution is -2.44. The van der Waals surface area contributed by atoms with E-state index in [0.717, 1.165) is 51.4 Å². The van der Waals surface area contributed by atoms with Crippen LogP contribution in [0.2, 0.25) is 0 Å². The van der Waals surface area contributed by atoms with E-state index in [0.29, 0.717) is 11.8 Å². The summed E-state index contributed by atoms with van der Waals surface area (Å²) in [6.45, 7) is 12.5. The predicted molar refractivity (Wildman–Crippen MR) is 153 cm³/mol. The van der Waals surface area contributed by atoms with Gasteiger partial charge in [0, 0.05) is 61.1 Å². The highest BCUT2D eigenvalue weighted by molar-refractivity contribution is 5.91. The monoisotopic (exact) mass is 496 g/mol. The molecule has 2 aromatic carbocycles. The van der Waals surface area contributed by atoms with E-state index in [9.17, 15) is 0 Å². The molecule has 2 N–H and O–H groups in total. The lowest BCUT2D eigenvalue weighted by atomic mass is 9.87. The average molecular weight is 497 g/mol. The normalized spacial score (nSPS) is 18.3. The molecule has 4 heterocycles. The third-order valence-electron chi connectivity index (χ3n) is 8.50. The van der Waals surface area contributed by atoms with Crippen LogP contribution in [0, 0.1) is 0 Å². The van der Waals surface area contributed by atoms with Gasteiger partial charge < -0.3 is 14.8 Å². The lowest BCUT2D eigenvalue weighted by molar-refractivity contribution is 0.204. The van der Waals surface area contributed by atoms with Gasteiger partial charge in [-0.25, -0.2) is 0 Å². The van der Waals surface area contributed by atoms with Crippen LogP contribution in [0.4, 0.5) is 5.69 Å². The molecule has 6 nitrogen and oxygen atoms in total. The maximum Gasteiger partial charge on any atom is 0.0580 e. The van der Waals surface area contributed by atoms with Gasteiger partial charge in [0.1, 0.15) is 0 Å². The van der Waals surface area contributed by atoms with Gasteiger partial charge in [-0.15, -0.1) is 0 Å². The Balaban J connectivity index is 1.10. The summed E-state index contributed by atoms with van der Waals surface area (Å²) in [5, 5.41) is 8.50. The number of nitrogens with zero attached hydrogens (tertiary/aromatic N) is 4. The van der Waals surface area contributed by atoms with E-state index in [1.807, 2.05) is 12.4 Å². The number of hydrogen-bond donors (Lipinski definition) is 2. The Bertz CT molecular complexity index is 1300. The number of benzene rings is 2. The first-order valence-corrected chi connectivity index (χ1v) is 13.9. The number of likely N-dealkylation sites (N-methyl/N-ethyl adjacent to an activating group) is 1. The number of aromatic amines is 2. The van der Waals surface area contributed by atoms with Gasteiger partial charge in [0.05, 0.1) is 11.9 Å². The third-order valence-corrected chi connectivity index (χ3v) is 8.50. The summed E-state index contributed by atoms with van der Waals surface area (Å²) in [6, 6.07) is 16.4. The highest BCUT2D eigenvalue weighted by Crippen LogP contribution is 2.38. The van der Waals surface area contributed by atoms with Gasteiger partial charge in [-0.05, 0) is 85.8 Å². The molecule has 0 amide bonds. The van der Waals surface area contributed by atoms with Gasteiger partial charge >= 0.3 is 0 Å². The number of H-pyrrole nitrogens is 2. The van der Waals surface area contributed by atoms with Crippen LogP contribution in [0.15, 0.2) is 54.9 Å². The molecule has 0 atom stereocenters. The van der Waals surface area contributed by atoms with Crippen molar-refractivity contribution < 1.29 is 0 Å². The maximum absolute atomic E-state index is 4.17. The molecule has 2 aliphatic rings. The fourth-order valence-corrected chi connectivity index (χ4v) is 6.26. The van der Waals surface area contributed by atoms with Crippen LogP contribution in [-0.4, -0.2) is 71.3 Å². The average Bonchev–Trinajstić information content (AvgIpc) is 3.58. The standard InChI is InChI=1S/C31H40N6/c1-22(2)30-28-18-25(6-9-29(28)34-31(30)26-19-32-33-20-26)24-10-12-36(13-11-24)21-23-4-7-27(8-5-23)37-16-14-35(3)15-17-37/h4-9,18-20,22,24,34H,10-17,21H2,1-3H3,(H,32,33). The van der Waals surface area contributed by atoms with Gasteiger partial charge in [0.25, 0.3) is 0 Å². The molecule has 6 rings (SSSR count). The number of likely N-dealkylation sites (tertiary alicyclic amines) is 1. The van der Waals surface area contributed by atoms with E-state index in [1.54, 1.807) is 0 Å². The van der Waals surface area contributed by atoms with Gasteiger partial charge in [-0.2, -0.15) is 5.10 Å². The van der Waals surface area contributed by atoms with Crippen molar-refractivity contribution in [1.29, 1.82) is 0 Å². The van der Waals surface area contributed by atoms with Crippen molar-refractivity contribution in [3.63, 3.8) is 0 Å². The zero-order chi connectivity index (χ0) is 25.4. The quantitative estimate of drug-likeness (QED) is 0.354. The van der Waals surface area contributed by atoms with Crippen LogP contribution in [0.5, 0.6) is 0 Å². The minimum absolute atomic E-state index is 0.443. The first-order valence-electron chi connectivity index (χ1n) is 13.9. The molecule has 2 saturated heterocycles. The Kier molecular flexibility index (Phi) is 6.78. The smallest absolute Gasteiger partial charge is 0.0580 e. The number of piperidine rings is 1. The summed E-state index contributed by atoms with van der Waals surface area (Å²) in [5.41, 5.74) is 9.24. The molecule has 2 aliphatic heterocycles. The van der Waals surface area contributed by atoms with Crippen LogP contribution >= 0.6 is 0 Å². The van der Waals surface area contributed by atoms with Gasteiger partial charge in [0.2, 0.25) is 0 Å². The van der Waals surface area contributed by atoms with Crippen LogP contribution in [0.3, 0.4) is 0 Å². The Morgan fingerprint density at radius 3 is 2.38 bits per heavy atom. The van der Waals surface area contributed by atoms with E-state index >= 15 is 0 Å². The minimum atomic E-state index is 0.443. The molecule has 0 unspecified atom stereocenters. The summed E-state index contributed by atoms with van der Waals surface area (Å²) in [7, 11) is 2.21. The molecule has 2 fully saturated rings. The number of anilines is 1. The fourth-order valence-electron chi connectivity index (χ4n) is 6.26. The second-order valence-corrected chi connectivity index (χ2v) is 11.4. The van der Waals surface area contributed by atoms with Crippen molar-refractivity contribution in [2.45, 2.75) is 45.1 Å². The highest BCUT2D eigenvalue weighted by Gasteiger charge is 2.23. The van der Waals surface area contributed by atoms with Crippen molar-refractivity contribution in [1.82, 2.24) is 25.0 Å². The molecule has 6 heteroatoms. The van der Waals surface area contributed by atoms with Crippen molar-refractivity contribution in [2.24, 2.45) is 0 Å². The molecular formula is C31H40N6. The number of nitrogens with one attached hydrogen (secondary N) is 2. The van der Waals surface area contributed by atoms with Crippen molar-refractivity contribution in [3.05, 3.63) is 71.5 Å². The maximum atomic E-state index is 4.17. The summed E-state index contributed by atoms with van der Waals surface area (Å²) in [4.78, 5) is 11.2. The molecule has 0 bridgehead atoms. The van der Waals surface area contributed by atoms with Crippen LogP contribution in [0.1, 0.15) is 55.2 Å². The highest BCUT2D eigenvalue weighted by atomic mass is 15.2. The summed E-state index contributed by atoms with van der Waals surface area (Å²) < 4.78 is 0. The minimum Gasteiger partial charge on any atom is -0.369 e. The molecule has 0 saturated carbocycles. The van der Waals surface area contributed by atoms with E-state index in [-0.39, 0.29) is 0 Å². The Morgan fingerprint density at radius 1 is 0.946 bits per heavy atom. The Morgan fingerprint density at radius 2 is 1.70 bits per heavy atom. The summed E-state index contributed by atoms with van der Waals surface area (Å²) >= 11 is 0. The van der Waals surface area contributed by atoms with Crippen LogP contribution in [-0.2, 0) is 6.54 Å². The first kappa shape index (κ1) is 24.3. The fraction of sp³-hybridized carbons (Fsp3) is 0.452. The molecular weight excluding hydrogens is 456 g/mol. The van der Waals surface area contributed by atoms with Crippen LogP contribution in [0.25, 0.3) is 22.2 Å². The Hall–Kier alpha value is -3.09. The number of piperazine rings is 1. The molecule has 0 spiro atoms. The summed E-state index contributed by atoms with van der Waals surface area (Å²) in [6.07, 6.45) is 6.34. The largest absolute Gasteiger partial charge is 0.369 e. The topological polar surface area (TPSA) is 54.2 Å². The molecule has 37 heavy (non-hydrogen) atoms. The summed E-state index contributed by atoms with van der Waals surface area (Å²) in [5.74, 6) is 1.07. The molecule has 4 aromatic rings. The number of fused-ring (bicyclic) bond motifs is 1. The van der Waals surface area contributed by atoms with E-state index < -0.39 is 0 Å². The molecule has 0 aliphatic carbocycles. The SMILES string of the molecule is CC(C)c1c(-c2cn[nH]c2)[nH]c2ccc(C3CCN(Cc4ccc(N5CCN(C)CC5)cc4)CC3)cc12. The molecule has 194 valence electrons. The van der Waals surface area contributed by atoms with Gasteiger partial charge in [0.15, 0.2) is 0 Å². The van der Waals surface area contributed by atoms with Crippen molar-refractivity contribution >= 4 is 16.6 Å². The zero-order valence-corrected chi connectivity index (χ0v) is 22.5. The second kappa shape index (κ2) is 10.3. The van der Waals surface area contributed by atoms with Gasteiger partial charge in [-0.1, -0.05) is 32.0 Å². The number of aromatic nitrogens is 3. The van der Waals surface area contributed by atoms with E-state index in [2.05, 4.69) is 93.2 Å².